The molecular formula is C9H18BNO4. The number of carboxylic acids is 1. The molecule has 1 fully saturated rings. The highest BCUT2D eigenvalue weighted by Gasteiger charge is 2.35. The smallest absolute Gasteiger partial charge is 0.451 e. The minimum atomic E-state index is -1.27. The number of hydrogen-bond donors (Lipinski definition) is 3. The van der Waals surface area contributed by atoms with E-state index in [0.717, 1.165) is 13.0 Å². The van der Waals surface area contributed by atoms with Crippen molar-refractivity contribution in [3.05, 3.63) is 0 Å². The zero-order valence-electron chi connectivity index (χ0n) is 8.96. The van der Waals surface area contributed by atoms with Crippen molar-refractivity contribution in [1.82, 2.24) is 4.90 Å². The first kappa shape index (κ1) is 12.5. The molecule has 0 amide bonds. The van der Waals surface area contributed by atoms with Crippen molar-refractivity contribution >= 4 is 13.1 Å². The average molecular weight is 215 g/mol. The van der Waals surface area contributed by atoms with Crippen molar-refractivity contribution in [2.24, 2.45) is 11.8 Å². The van der Waals surface area contributed by atoms with E-state index in [1.165, 1.54) is 0 Å². The highest BCUT2D eigenvalue weighted by Crippen LogP contribution is 2.27. The lowest BCUT2D eigenvalue weighted by molar-refractivity contribution is -0.142. The van der Waals surface area contributed by atoms with Gasteiger partial charge in [0.15, 0.2) is 0 Å². The van der Waals surface area contributed by atoms with Crippen LogP contribution in [0, 0.1) is 11.8 Å². The topological polar surface area (TPSA) is 81.0 Å². The number of nitrogens with zero attached hydrogens (tertiary/aromatic N) is 1. The molecule has 6 heteroatoms. The van der Waals surface area contributed by atoms with Gasteiger partial charge in [0.1, 0.15) is 0 Å². The van der Waals surface area contributed by atoms with Crippen molar-refractivity contribution in [3.8, 4) is 0 Å². The number of hydrogen-bond acceptors (Lipinski definition) is 4. The van der Waals surface area contributed by atoms with Gasteiger partial charge in [-0.15, -0.1) is 0 Å². The van der Waals surface area contributed by atoms with E-state index in [1.807, 2.05) is 11.9 Å². The van der Waals surface area contributed by atoms with Crippen LogP contribution in [-0.4, -0.2) is 53.3 Å². The summed E-state index contributed by atoms with van der Waals surface area (Å²) in [6.45, 7) is 1.39. The van der Waals surface area contributed by atoms with Gasteiger partial charge in [-0.25, -0.2) is 0 Å². The second kappa shape index (κ2) is 5.49. The van der Waals surface area contributed by atoms with E-state index < -0.39 is 13.1 Å². The van der Waals surface area contributed by atoms with Crippen LogP contribution in [0.25, 0.3) is 0 Å². The first-order valence-electron chi connectivity index (χ1n) is 5.28. The van der Waals surface area contributed by atoms with E-state index in [4.69, 9.17) is 15.2 Å². The van der Waals surface area contributed by atoms with E-state index in [-0.39, 0.29) is 11.8 Å². The van der Waals surface area contributed by atoms with Gasteiger partial charge in [0.05, 0.1) is 5.92 Å². The van der Waals surface area contributed by atoms with Gasteiger partial charge in [-0.1, -0.05) is 6.42 Å². The monoisotopic (exact) mass is 215 g/mol. The molecule has 0 aliphatic carbocycles. The quantitative estimate of drug-likeness (QED) is 0.539. The van der Waals surface area contributed by atoms with Crippen LogP contribution in [0.1, 0.15) is 12.8 Å². The van der Waals surface area contributed by atoms with Gasteiger partial charge >= 0.3 is 13.1 Å². The fourth-order valence-electron chi connectivity index (χ4n) is 2.22. The average Bonchev–Trinajstić information content (AvgIpc) is 2.46. The van der Waals surface area contributed by atoms with Crippen molar-refractivity contribution in [1.29, 1.82) is 0 Å². The van der Waals surface area contributed by atoms with E-state index >= 15 is 0 Å². The third-order valence-electron chi connectivity index (χ3n) is 2.98. The van der Waals surface area contributed by atoms with Crippen LogP contribution >= 0.6 is 0 Å². The summed E-state index contributed by atoms with van der Waals surface area (Å²) in [4.78, 5) is 12.9. The summed E-state index contributed by atoms with van der Waals surface area (Å²) in [7, 11) is 0.643. The van der Waals surface area contributed by atoms with Gasteiger partial charge in [0.25, 0.3) is 0 Å². The fraction of sp³-hybridized carbons (Fsp3) is 0.889. The molecular weight excluding hydrogens is 197 g/mol. The molecule has 0 aromatic rings. The van der Waals surface area contributed by atoms with Gasteiger partial charge in [-0.2, -0.15) is 0 Å². The Kier molecular flexibility index (Phi) is 4.57. The van der Waals surface area contributed by atoms with Gasteiger partial charge in [-0.05, 0) is 25.7 Å². The van der Waals surface area contributed by atoms with Gasteiger partial charge in [-0.3, -0.25) is 4.79 Å². The molecule has 5 nitrogen and oxygen atoms in total. The van der Waals surface area contributed by atoms with Crippen LogP contribution in [0.2, 0.25) is 6.32 Å². The van der Waals surface area contributed by atoms with E-state index in [1.54, 1.807) is 0 Å². The number of carboxylic acid groups (broad SMARTS) is 1. The largest absolute Gasteiger partial charge is 0.481 e. The maximum atomic E-state index is 10.9. The molecule has 0 saturated carbocycles. The van der Waals surface area contributed by atoms with Gasteiger partial charge in [0, 0.05) is 13.1 Å². The standard InChI is InChI=1S/C9H18BNO4/c1-11-5-7(3-2-4-10(14)15)8(6-11)9(12)13/h7-8,14-15H,2-6H2,1H3,(H,12,13)/t7-,8+/m0/s1. The maximum Gasteiger partial charge on any atom is 0.451 e. The lowest BCUT2D eigenvalue weighted by Gasteiger charge is -2.13. The molecule has 0 bridgehead atoms. The highest BCUT2D eigenvalue weighted by molar-refractivity contribution is 6.40. The predicted molar refractivity (Wildman–Crippen MR) is 56.3 cm³/mol. The van der Waals surface area contributed by atoms with Crippen LogP contribution in [-0.2, 0) is 4.79 Å². The molecule has 0 aromatic heterocycles. The highest BCUT2D eigenvalue weighted by atomic mass is 16.4. The van der Waals surface area contributed by atoms with Crippen molar-refractivity contribution < 1.29 is 19.9 Å². The second-order valence-corrected chi connectivity index (χ2v) is 4.34. The summed E-state index contributed by atoms with van der Waals surface area (Å²) < 4.78 is 0. The third kappa shape index (κ3) is 3.81. The normalized spacial score (nSPS) is 26.9. The first-order valence-corrected chi connectivity index (χ1v) is 5.28. The molecule has 0 spiro atoms. The Morgan fingerprint density at radius 1 is 1.47 bits per heavy atom. The first-order chi connectivity index (χ1) is 7.00. The molecule has 0 radical (unpaired) electrons. The minimum absolute atomic E-state index is 0.145. The Hall–Kier alpha value is -0.585. The van der Waals surface area contributed by atoms with Crippen LogP contribution in [0.4, 0.5) is 0 Å². The molecule has 1 rings (SSSR count). The van der Waals surface area contributed by atoms with E-state index in [9.17, 15) is 4.79 Å². The number of likely N-dealkylation sites (tertiary alicyclic amines) is 1. The summed E-state index contributed by atoms with van der Waals surface area (Å²) in [5.41, 5.74) is 0. The molecule has 0 unspecified atom stereocenters. The van der Waals surface area contributed by atoms with Gasteiger partial charge < -0.3 is 20.1 Å². The molecule has 1 aliphatic heterocycles. The van der Waals surface area contributed by atoms with Crippen LogP contribution in [0.15, 0.2) is 0 Å². The fourth-order valence-corrected chi connectivity index (χ4v) is 2.22. The SMILES string of the molecule is CN1C[C@H](CCCB(O)O)[C@H](C(=O)O)C1. The van der Waals surface area contributed by atoms with E-state index in [2.05, 4.69) is 0 Å². The van der Waals surface area contributed by atoms with Crippen LogP contribution < -0.4 is 0 Å². The lowest BCUT2D eigenvalue weighted by Crippen LogP contribution is -2.22. The molecule has 1 heterocycles. The number of carbonyl (C=O) groups is 1. The number of rotatable bonds is 5. The lowest BCUT2D eigenvalue weighted by atomic mass is 9.80. The third-order valence-corrected chi connectivity index (χ3v) is 2.98. The zero-order valence-corrected chi connectivity index (χ0v) is 8.96. The number of aliphatic carboxylic acids is 1. The van der Waals surface area contributed by atoms with Crippen LogP contribution in [0.5, 0.6) is 0 Å². The Morgan fingerprint density at radius 3 is 2.67 bits per heavy atom. The zero-order chi connectivity index (χ0) is 11.4. The van der Waals surface area contributed by atoms with Crippen LogP contribution in [0.3, 0.4) is 0 Å². The maximum absolute atomic E-state index is 10.9. The molecule has 1 aliphatic rings. The summed E-state index contributed by atoms with van der Waals surface area (Å²) in [6, 6.07) is 0. The Morgan fingerprint density at radius 2 is 2.13 bits per heavy atom. The van der Waals surface area contributed by atoms with E-state index in [0.29, 0.717) is 19.3 Å². The Bertz CT molecular complexity index is 224. The molecule has 1 saturated heterocycles. The summed E-state index contributed by atoms with van der Waals surface area (Å²) in [5.74, 6) is -0.897. The summed E-state index contributed by atoms with van der Waals surface area (Å²) in [6.07, 6.45) is 1.74. The van der Waals surface area contributed by atoms with Gasteiger partial charge in [0.2, 0.25) is 0 Å². The van der Waals surface area contributed by atoms with Crippen molar-refractivity contribution in [2.45, 2.75) is 19.2 Å². The molecule has 3 N–H and O–H groups in total. The molecule has 15 heavy (non-hydrogen) atoms. The Labute approximate surface area is 89.8 Å². The predicted octanol–water partition coefficient (Wildman–Crippen LogP) is -0.498. The second-order valence-electron chi connectivity index (χ2n) is 4.34. The van der Waals surface area contributed by atoms with Crippen molar-refractivity contribution in [3.63, 3.8) is 0 Å². The molecule has 0 aromatic carbocycles. The Balaban J connectivity index is 2.35. The van der Waals surface area contributed by atoms with Crippen molar-refractivity contribution in [2.75, 3.05) is 20.1 Å². The summed E-state index contributed by atoms with van der Waals surface area (Å²) >= 11 is 0. The minimum Gasteiger partial charge on any atom is -0.481 e. The molecule has 2 atom stereocenters. The molecule has 86 valence electrons. The summed E-state index contributed by atoms with van der Waals surface area (Å²) in [5, 5.41) is 26.3.